The number of nitrogens with one attached hydrogen (secondary N) is 2. The fourth-order valence-corrected chi connectivity index (χ4v) is 8.42. The van der Waals surface area contributed by atoms with Crippen LogP contribution < -0.4 is 10.6 Å². The highest BCUT2D eigenvalue weighted by Crippen LogP contribution is 2.41. The number of amides is 2. The molecule has 4 aromatic carbocycles. The lowest BCUT2D eigenvalue weighted by Crippen LogP contribution is -2.30. The molecule has 11 nitrogen and oxygen atoms in total. The van der Waals surface area contributed by atoms with Gasteiger partial charge in [-0.2, -0.15) is 0 Å². The molecule has 0 fully saturated rings. The van der Waals surface area contributed by atoms with Crippen LogP contribution in [0.3, 0.4) is 0 Å². The number of thioether (sulfide) groups is 1. The quantitative estimate of drug-likeness (QED) is 0.0697. The van der Waals surface area contributed by atoms with Gasteiger partial charge >= 0.3 is 17.9 Å². The number of carboxylic acids is 2. The van der Waals surface area contributed by atoms with Gasteiger partial charge in [-0.1, -0.05) is 66.7 Å². The lowest BCUT2D eigenvalue weighted by Gasteiger charge is -2.27. The van der Waals surface area contributed by atoms with Crippen molar-refractivity contribution in [2.75, 3.05) is 23.8 Å². The average molecular weight is 750 g/mol. The minimum atomic E-state index is -1.44. The van der Waals surface area contributed by atoms with Crippen molar-refractivity contribution in [2.45, 2.75) is 36.6 Å². The molecule has 0 bridgehead atoms. The summed E-state index contributed by atoms with van der Waals surface area (Å²) in [7, 11) is 0. The number of rotatable bonds is 13. The summed E-state index contributed by atoms with van der Waals surface area (Å²) in [6.45, 7) is 4.08. The minimum Gasteiger partial charge on any atom is -0.478 e. The standard InChI is InChI=1S/C40H35N3O8S2/c1-2-51-40(50)33-30-18-19-43(22-24-10-5-3-6-11-24)23-32(30)53-37(33)42-36(45)34(25-12-7-4-8-13-25)52-28-15-9-14-27(21-28)41-35(44)29-17-16-26(38(46)47)20-31(29)39(48)49/h3-17,20-21,34H,2,18-19,22-23H2,1H3,(H,41,44)(H,42,45)(H,46,47)(H,48,49). The third-order valence-electron chi connectivity index (χ3n) is 8.53. The number of esters is 1. The number of anilines is 2. The molecule has 13 heteroatoms. The molecule has 0 saturated carbocycles. The summed E-state index contributed by atoms with van der Waals surface area (Å²) < 4.78 is 5.46. The maximum Gasteiger partial charge on any atom is 0.341 e. The van der Waals surface area contributed by atoms with Crippen molar-refractivity contribution in [1.29, 1.82) is 0 Å². The van der Waals surface area contributed by atoms with E-state index < -0.39 is 34.6 Å². The summed E-state index contributed by atoms with van der Waals surface area (Å²) in [5.41, 5.74) is 2.60. The van der Waals surface area contributed by atoms with Crippen LogP contribution in [0.15, 0.2) is 108 Å². The van der Waals surface area contributed by atoms with Crippen molar-refractivity contribution in [3.05, 3.63) is 147 Å². The van der Waals surface area contributed by atoms with Crippen LogP contribution in [0.5, 0.6) is 0 Å². The molecule has 0 saturated heterocycles. The Balaban J connectivity index is 1.24. The number of nitrogens with zero attached hydrogens (tertiary/aromatic N) is 1. The Labute approximate surface area is 313 Å². The van der Waals surface area contributed by atoms with Crippen LogP contribution in [0.4, 0.5) is 10.7 Å². The van der Waals surface area contributed by atoms with Crippen LogP contribution >= 0.6 is 23.1 Å². The molecule has 4 N–H and O–H groups in total. The van der Waals surface area contributed by atoms with Gasteiger partial charge in [0.15, 0.2) is 0 Å². The largest absolute Gasteiger partial charge is 0.478 e. The molecule has 2 heterocycles. The van der Waals surface area contributed by atoms with E-state index in [1.54, 1.807) is 31.2 Å². The van der Waals surface area contributed by atoms with Gasteiger partial charge in [-0.3, -0.25) is 14.5 Å². The van der Waals surface area contributed by atoms with E-state index in [4.69, 9.17) is 4.74 Å². The van der Waals surface area contributed by atoms with Crippen molar-refractivity contribution in [2.24, 2.45) is 0 Å². The van der Waals surface area contributed by atoms with Crippen molar-refractivity contribution < 1.29 is 38.9 Å². The number of aromatic carboxylic acids is 2. The zero-order valence-corrected chi connectivity index (χ0v) is 30.2. The second-order valence-electron chi connectivity index (χ2n) is 12.1. The topological polar surface area (TPSA) is 162 Å². The van der Waals surface area contributed by atoms with Crippen molar-refractivity contribution >= 4 is 63.5 Å². The number of thiophene rings is 1. The van der Waals surface area contributed by atoms with Gasteiger partial charge in [0.25, 0.3) is 5.91 Å². The second kappa shape index (κ2) is 16.7. The predicted molar refractivity (Wildman–Crippen MR) is 203 cm³/mol. The Hall–Kier alpha value is -5.76. The maximum atomic E-state index is 14.2. The molecule has 1 aliphatic heterocycles. The summed E-state index contributed by atoms with van der Waals surface area (Å²) in [4.78, 5) is 67.9. The average Bonchev–Trinajstić information content (AvgIpc) is 3.51. The lowest BCUT2D eigenvalue weighted by atomic mass is 10.0. The number of carbonyl (C=O) groups is 5. The lowest BCUT2D eigenvalue weighted by molar-refractivity contribution is -0.115. The molecule has 1 aromatic heterocycles. The monoisotopic (exact) mass is 749 g/mol. The number of ether oxygens (including phenoxy) is 1. The van der Waals surface area contributed by atoms with E-state index in [0.29, 0.717) is 39.7 Å². The van der Waals surface area contributed by atoms with Crippen LogP contribution in [0.1, 0.15) is 75.2 Å². The maximum absolute atomic E-state index is 14.2. The molecule has 1 atom stereocenters. The summed E-state index contributed by atoms with van der Waals surface area (Å²) >= 11 is 2.62. The molecule has 53 heavy (non-hydrogen) atoms. The molecular formula is C40H35N3O8S2. The van der Waals surface area contributed by atoms with Gasteiger partial charge in [0.2, 0.25) is 5.91 Å². The van der Waals surface area contributed by atoms with Crippen molar-refractivity contribution in [3.63, 3.8) is 0 Å². The van der Waals surface area contributed by atoms with Crippen molar-refractivity contribution in [1.82, 2.24) is 4.90 Å². The van der Waals surface area contributed by atoms with Crippen molar-refractivity contribution in [3.8, 4) is 0 Å². The number of carboxylic acid groups (broad SMARTS) is 2. The van der Waals surface area contributed by atoms with Gasteiger partial charge in [0.05, 0.1) is 28.9 Å². The van der Waals surface area contributed by atoms with Gasteiger partial charge in [-0.05, 0) is 66.4 Å². The number of fused-ring (bicyclic) bond motifs is 1. The van der Waals surface area contributed by atoms with E-state index in [2.05, 4.69) is 27.7 Å². The minimum absolute atomic E-state index is 0.192. The zero-order valence-electron chi connectivity index (χ0n) is 28.5. The van der Waals surface area contributed by atoms with Crippen LogP contribution in [0.25, 0.3) is 0 Å². The first-order chi connectivity index (χ1) is 25.6. The molecule has 6 rings (SSSR count). The van der Waals surface area contributed by atoms with Gasteiger partial charge < -0.3 is 25.6 Å². The smallest absolute Gasteiger partial charge is 0.341 e. The molecule has 0 aliphatic carbocycles. The molecule has 1 aliphatic rings. The summed E-state index contributed by atoms with van der Waals surface area (Å²) in [5, 5.41) is 24.3. The van der Waals surface area contributed by atoms with Gasteiger partial charge in [-0.25, -0.2) is 14.4 Å². The third-order valence-corrected chi connectivity index (χ3v) is 10.9. The third kappa shape index (κ3) is 8.83. The highest BCUT2D eigenvalue weighted by atomic mass is 32.2. The van der Waals surface area contributed by atoms with E-state index in [-0.39, 0.29) is 23.6 Å². The number of hydrogen-bond acceptors (Lipinski definition) is 9. The summed E-state index contributed by atoms with van der Waals surface area (Å²) in [5.74, 6) is -4.34. The highest BCUT2D eigenvalue weighted by Gasteiger charge is 2.32. The Morgan fingerprint density at radius 2 is 1.58 bits per heavy atom. The number of hydrogen-bond donors (Lipinski definition) is 4. The molecule has 270 valence electrons. The van der Waals surface area contributed by atoms with Crippen LogP contribution in [-0.4, -0.2) is 58.0 Å². The number of benzene rings is 4. The predicted octanol–water partition coefficient (Wildman–Crippen LogP) is 7.60. The Morgan fingerprint density at radius 3 is 2.28 bits per heavy atom. The van der Waals surface area contributed by atoms with Crippen LogP contribution in [0, 0.1) is 0 Å². The molecular weight excluding hydrogens is 715 g/mol. The molecule has 5 aromatic rings. The fraction of sp³-hybridized carbons (Fsp3) is 0.175. The van der Waals surface area contributed by atoms with Gasteiger partial charge in [-0.15, -0.1) is 23.1 Å². The van der Waals surface area contributed by atoms with E-state index >= 15 is 0 Å². The van der Waals surface area contributed by atoms with E-state index in [0.717, 1.165) is 41.7 Å². The molecule has 0 spiro atoms. The first kappa shape index (κ1) is 37.0. The molecule has 2 amide bonds. The Kier molecular flexibility index (Phi) is 11.7. The molecule has 0 radical (unpaired) electrons. The van der Waals surface area contributed by atoms with E-state index in [1.807, 2.05) is 48.5 Å². The first-order valence-electron chi connectivity index (χ1n) is 16.7. The second-order valence-corrected chi connectivity index (χ2v) is 14.4. The summed E-state index contributed by atoms with van der Waals surface area (Å²) in [6.07, 6.45) is 0.635. The zero-order chi connectivity index (χ0) is 37.5. The van der Waals surface area contributed by atoms with E-state index in [1.165, 1.54) is 28.7 Å². The van der Waals surface area contributed by atoms with Crippen LogP contribution in [-0.2, 0) is 29.0 Å². The van der Waals surface area contributed by atoms with E-state index in [9.17, 15) is 34.2 Å². The van der Waals surface area contributed by atoms with Crippen LogP contribution in [0.2, 0.25) is 0 Å². The van der Waals surface area contributed by atoms with Gasteiger partial charge in [0, 0.05) is 35.1 Å². The highest BCUT2D eigenvalue weighted by molar-refractivity contribution is 8.00. The van der Waals surface area contributed by atoms with Gasteiger partial charge in [0.1, 0.15) is 10.3 Å². The fourth-order valence-electron chi connectivity index (χ4n) is 6.05. The Bertz CT molecular complexity index is 2170. The SMILES string of the molecule is CCOC(=O)c1c(NC(=O)C(Sc2cccc(NC(=O)c3ccc(C(=O)O)cc3C(=O)O)c2)c2ccccc2)sc2c1CCN(Cc1ccccc1)C2. The molecule has 1 unspecified atom stereocenters. The Morgan fingerprint density at radius 1 is 0.849 bits per heavy atom. The normalized spacial score (nSPS) is 13.0. The number of carbonyl (C=O) groups excluding carboxylic acids is 3. The first-order valence-corrected chi connectivity index (χ1v) is 18.4. The summed E-state index contributed by atoms with van der Waals surface area (Å²) in [6, 6.07) is 29.4.